The van der Waals surface area contributed by atoms with E-state index in [9.17, 15) is 4.79 Å². The van der Waals surface area contributed by atoms with Crippen molar-refractivity contribution in [2.24, 2.45) is 13.0 Å². The van der Waals surface area contributed by atoms with Crippen LogP contribution in [0.15, 0.2) is 18.5 Å². The molecular weight excluding hydrogens is 216 g/mol. The number of rotatable bonds is 4. The number of carbonyl (C=O) groups excluding carboxylic acids is 1. The van der Waals surface area contributed by atoms with Gasteiger partial charge in [-0.15, -0.1) is 0 Å². The lowest BCUT2D eigenvalue weighted by atomic mass is 9.98. The Labute approximate surface area is 102 Å². The van der Waals surface area contributed by atoms with Crippen LogP contribution in [0.3, 0.4) is 0 Å². The lowest BCUT2D eigenvalue weighted by Gasteiger charge is -2.31. The van der Waals surface area contributed by atoms with Crippen molar-refractivity contribution in [2.75, 3.05) is 26.2 Å². The molecule has 1 saturated heterocycles. The van der Waals surface area contributed by atoms with Crippen LogP contribution in [-0.4, -0.2) is 46.6 Å². The highest BCUT2D eigenvalue weighted by Gasteiger charge is 2.21. The number of aliphatic hydroxyl groups excluding tert-OH is 1. The zero-order chi connectivity index (χ0) is 12.3. The zero-order valence-corrected chi connectivity index (χ0v) is 10.3. The zero-order valence-electron chi connectivity index (χ0n) is 10.3. The molecule has 1 unspecified atom stereocenters. The van der Waals surface area contributed by atoms with Crippen molar-refractivity contribution in [3.05, 3.63) is 24.0 Å². The van der Waals surface area contributed by atoms with Crippen molar-refractivity contribution in [3.8, 4) is 0 Å². The van der Waals surface area contributed by atoms with E-state index >= 15 is 0 Å². The molecule has 2 rings (SSSR count). The normalized spacial score (nSPS) is 21.6. The molecule has 0 amide bonds. The van der Waals surface area contributed by atoms with Gasteiger partial charge in [-0.2, -0.15) is 0 Å². The molecule has 1 aromatic heterocycles. The van der Waals surface area contributed by atoms with Crippen LogP contribution in [0.5, 0.6) is 0 Å². The van der Waals surface area contributed by atoms with Crippen LogP contribution in [0, 0.1) is 5.92 Å². The Bertz CT molecular complexity index is 387. The molecule has 0 aromatic carbocycles. The molecule has 1 fully saturated rings. The number of hydrogen-bond donors (Lipinski definition) is 1. The van der Waals surface area contributed by atoms with Crippen molar-refractivity contribution < 1.29 is 9.90 Å². The van der Waals surface area contributed by atoms with Gasteiger partial charge in [-0.25, -0.2) is 0 Å². The fourth-order valence-electron chi connectivity index (χ4n) is 2.41. The van der Waals surface area contributed by atoms with E-state index in [1.807, 2.05) is 30.1 Å². The van der Waals surface area contributed by atoms with E-state index in [1.54, 1.807) is 0 Å². The van der Waals surface area contributed by atoms with E-state index in [1.165, 1.54) is 0 Å². The molecule has 0 aliphatic carbocycles. The molecule has 2 heterocycles. The number of hydrogen-bond acceptors (Lipinski definition) is 3. The second-order valence-electron chi connectivity index (χ2n) is 4.91. The summed E-state index contributed by atoms with van der Waals surface area (Å²) in [5, 5.41) is 9.15. The van der Waals surface area contributed by atoms with Gasteiger partial charge in [-0.1, -0.05) is 0 Å². The predicted molar refractivity (Wildman–Crippen MR) is 66.0 cm³/mol. The lowest BCUT2D eigenvalue weighted by molar-refractivity contribution is 0.0833. The van der Waals surface area contributed by atoms with Gasteiger partial charge in [0.05, 0.1) is 6.54 Å². The summed E-state index contributed by atoms with van der Waals surface area (Å²) in [4.78, 5) is 14.2. The van der Waals surface area contributed by atoms with Crippen LogP contribution < -0.4 is 0 Å². The highest BCUT2D eigenvalue weighted by molar-refractivity contribution is 5.97. The first-order chi connectivity index (χ1) is 8.19. The van der Waals surface area contributed by atoms with Gasteiger partial charge in [0.25, 0.3) is 0 Å². The second-order valence-corrected chi connectivity index (χ2v) is 4.91. The maximum atomic E-state index is 12.0. The van der Waals surface area contributed by atoms with Gasteiger partial charge in [0, 0.05) is 38.2 Å². The fraction of sp³-hybridized carbons (Fsp3) is 0.615. The summed E-state index contributed by atoms with van der Waals surface area (Å²) in [6.07, 6.45) is 5.90. The SMILES string of the molecule is Cn1ccc(C(=O)CN2CCCC(CO)C2)c1. The van der Waals surface area contributed by atoms with Crippen molar-refractivity contribution in [3.63, 3.8) is 0 Å². The minimum Gasteiger partial charge on any atom is -0.396 e. The average Bonchev–Trinajstić information content (AvgIpc) is 2.76. The monoisotopic (exact) mass is 236 g/mol. The first-order valence-corrected chi connectivity index (χ1v) is 6.17. The van der Waals surface area contributed by atoms with Crippen molar-refractivity contribution in [1.82, 2.24) is 9.47 Å². The number of aliphatic hydroxyl groups is 1. The first-order valence-electron chi connectivity index (χ1n) is 6.17. The molecule has 0 saturated carbocycles. The Morgan fingerprint density at radius 2 is 2.41 bits per heavy atom. The van der Waals surface area contributed by atoms with Crippen molar-refractivity contribution in [1.29, 1.82) is 0 Å². The maximum absolute atomic E-state index is 12.0. The molecule has 0 radical (unpaired) electrons. The number of piperidine rings is 1. The lowest BCUT2D eigenvalue weighted by Crippen LogP contribution is -2.39. The van der Waals surface area contributed by atoms with E-state index in [0.717, 1.165) is 31.5 Å². The largest absolute Gasteiger partial charge is 0.396 e. The highest BCUT2D eigenvalue weighted by Crippen LogP contribution is 2.16. The van der Waals surface area contributed by atoms with Crippen molar-refractivity contribution >= 4 is 5.78 Å². The fourth-order valence-corrected chi connectivity index (χ4v) is 2.41. The smallest absolute Gasteiger partial charge is 0.178 e. The summed E-state index contributed by atoms with van der Waals surface area (Å²) in [6.45, 7) is 2.51. The number of aromatic nitrogens is 1. The Hall–Kier alpha value is -1.13. The molecule has 0 spiro atoms. The quantitative estimate of drug-likeness (QED) is 0.790. The number of nitrogens with zero attached hydrogens (tertiary/aromatic N) is 2. The molecule has 1 aliphatic rings. The molecule has 17 heavy (non-hydrogen) atoms. The standard InChI is InChI=1S/C13H20N2O2/c1-14-6-4-12(8-14)13(17)9-15-5-2-3-11(7-15)10-16/h4,6,8,11,16H,2-3,5,7,9-10H2,1H3. The Balaban J connectivity index is 1.90. The second kappa shape index (κ2) is 5.47. The third-order valence-corrected chi connectivity index (χ3v) is 3.38. The summed E-state index contributed by atoms with van der Waals surface area (Å²) < 4.78 is 1.89. The van der Waals surface area contributed by atoms with Crippen LogP contribution in [0.25, 0.3) is 0 Å². The molecule has 94 valence electrons. The van der Waals surface area contributed by atoms with Crippen molar-refractivity contribution in [2.45, 2.75) is 12.8 Å². The molecule has 1 aromatic rings. The van der Waals surface area contributed by atoms with Gasteiger partial charge in [-0.05, 0) is 31.4 Å². The summed E-state index contributed by atoms with van der Waals surface area (Å²) in [5.74, 6) is 0.511. The van der Waals surface area contributed by atoms with Crippen LogP contribution in [0.4, 0.5) is 0 Å². The minimum atomic E-state index is 0.171. The van der Waals surface area contributed by atoms with E-state index in [4.69, 9.17) is 5.11 Å². The molecule has 0 bridgehead atoms. The molecule has 4 nitrogen and oxygen atoms in total. The van der Waals surface area contributed by atoms with E-state index in [-0.39, 0.29) is 12.4 Å². The van der Waals surface area contributed by atoms with Crippen LogP contribution in [-0.2, 0) is 7.05 Å². The number of likely N-dealkylation sites (tertiary alicyclic amines) is 1. The van der Waals surface area contributed by atoms with Crippen LogP contribution in [0.1, 0.15) is 23.2 Å². The topological polar surface area (TPSA) is 45.5 Å². The third-order valence-electron chi connectivity index (χ3n) is 3.38. The first kappa shape index (κ1) is 12.3. The average molecular weight is 236 g/mol. The number of carbonyl (C=O) groups is 1. The van der Waals surface area contributed by atoms with Gasteiger partial charge >= 0.3 is 0 Å². The maximum Gasteiger partial charge on any atom is 0.178 e. The highest BCUT2D eigenvalue weighted by atomic mass is 16.3. The molecular formula is C13H20N2O2. The van der Waals surface area contributed by atoms with E-state index < -0.39 is 0 Å². The molecule has 4 heteroatoms. The molecule has 1 N–H and O–H groups in total. The molecule has 1 atom stereocenters. The number of Topliss-reactive ketones (excluding diaryl/α,β-unsaturated/α-hetero) is 1. The van der Waals surface area contributed by atoms with Gasteiger partial charge in [-0.3, -0.25) is 9.69 Å². The van der Waals surface area contributed by atoms with Gasteiger partial charge in [0.1, 0.15) is 0 Å². The van der Waals surface area contributed by atoms with Gasteiger partial charge in [0.2, 0.25) is 0 Å². The summed E-state index contributed by atoms with van der Waals surface area (Å²) in [7, 11) is 1.92. The third kappa shape index (κ3) is 3.17. The van der Waals surface area contributed by atoms with E-state index in [0.29, 0.717) is 12.5 Å². The van der Waals surface area contributed by atoms with Crippen LogP contribution >= 0.6 is 0 Å². The van der Waals surface area contributed by atoms with Crippen LogP contribution in [0.2, 0.25) is 0 Å². The Kier molecular flexibility index (Phi) is 3.97. The Morgan fingerprint density at radius 1 is 1.59 bits per heavy atom. The van der Waals surface area contributed by atoms with Gasteiger partial charge < -0.3 is 9.67 Å². The Morgan fingerprint density at radius 3 is 3.06 bits per heavy atom. The van der Waals surface area contributed by atoms with E-state index in [2.05, 4.69) is 4.90 Å². The number of ketones is 1. The summed E-state index contributed by atoms with van der Waals surface area (Å²) in [6, 6.07) is 1.86. The summed E-state index contributed by atoms with van der Waals surface area (Å²) >= 11 is 0. The number of aryl methyl sites for hydroxylation is 1. The predicted octanol–water partition coefficient (Wildman–Crippen LogP) is 0.912. The summed E-state index contributed by atoms with van der Waals surface area (Å²) in [5.41, 5.74) is 0.777. The molecule has 1 aliphatic heterocycles. The minimum absolute atomic E-state index is 0.171. The van der Waals surface area contributed by atoms with Gasteiger partial charge in [0.15, 0.2) is 5.78 Å².